The largest absolute Gasteiger partial charge is 0.508 e. The Morgan fingerprint density at radius 2 is 1.26 bits per heavy atom. The highest BCUT2D eigenvalue weighted by atomic mass is 35.5. The summed E-state index contributed by atoms with van der Waals surface area (Å²) >= 11 is 20.1. The molecule has 0 saturated carbocycles. The summed E-state index contributed by atoms with van der Waals surface area (Å²) in [6, 6.07) is -1.97. The fourth-order valence-electron chi connectivity index (χ4n) is 15.8. The maximum Gasteiger partial charge on any atom is 0.417 e. The Kier molecular flexibility index (Phi) is 28.6. The topological polar surface area (TPSA) is 607 Å². The third-order valence-corrected chi connectivity index (χ3v) is 23.3. The Bertz CT molecular complexity index is 5750. The molecule has 7 aliphatic heterocycles. The van der Waals surface area contributed by atoms with Gasteiger partial charge in [-0.1, -0.05) is 85.9 Å². The average Bonchev–Trinajstić information content (AvgIpc) is 1.55. The van der Waals surface area contributed by atoms with Crippen LogP contribution in [0.3, 0.4) is 0 Å². The van der Waals surface area contributed by atoms with E-state index >= 15 is 19.2 Å². The first-order chi connectivity index (χ1) is 62.1. The van der Waals surface area contributed by atoms with Crippen molar-refractivity contribution in [1.29, 1.82) is 0 Å². The highest BCUT2D eigenvalue weighted by Gasteiger charge is 2.55. The fourth-order valence-corrected chi connectivity index (χ4v) is 16.5. The highest BCUT2D eigenvalue weighted by molar-refractivity contribution is 6.32. The Balaban J connectivity index is 0.965. The number of phenolic OH excluding ortho intramolecular Hbond substituents is 1. The lowest BCUT2D eigenvalue weighted by Crippen LogP contribution is -2.69. The third kappa shape index (κ3) is 20.6. The minimum absolute atomic E-state index is 0.141. The quantitative estimate of drug-likeness (QED) is 0.0295. The molecule has 7 aromatic rings. The number of alkyl halides is 6. The van der Waals surface area contributed by atoms with Crippen molar-refractivity contribution in [2.75, 3.05) is 25.6 Å². The summed E-state index contributed by atoms with van der Waals surface area (Å²) in [4.78, 5) is 160. The van der Waals surface area contributed by atoms with Crippen LogP contribution in [0.15, 0.2) is 121 Å². The van der Waals surface area contributed by atoms with Gasteiger partial charge in [0.1, 0.15) is 96.7 Å². The average molecular weight is 1910 g/mol. The molecule has 0 radical (unpaired) electrons. The van der Waals surface area contributed by atoms with Gasteiger partial charge in [-0.2, -0.15) is 26.3 Å². The van der Waals surface area contributed by atoms with Crippen molar-refractivity contribution in [3.8, 4) is 45.6 Å². The van der Waals surface area contributed by atoms with Gasteiger partial charge in [0.2, 0.25) is 58.8 Å². The molecule has 7 heterocycles. The number of aliphatic carboxylic acids is 1. The Labute approximate surface area is 756 Å². The van der Waals surface area contributed by atoms with Crippen molar-refractivity contribution in [3.05, 3.63) is 192 Å². The Hall–Kier alpha value is -12.3. The molecule has 39 nitrogen and oxygen atoms in total. The number of carboxylic acids is 1. The maximum atomic E-state index is 16.3. The number of carbonyl (C=O) groups is 11. The molecule has 0 spiro atoms. The monoisotopic (exact) mass is 1910 g/mol. The van der Waals surface area contributed by atoms with Crippen molar-refractivity contribution in [1.82, 2.24) is 47.9 Å². The molecule has 48 heteroatoms. The van der Waals surface area contributed by atoms with Crippen molar-refractivity contribution >= 4 is 106 Å². The van der Waals surface area contributed by atoms with Gasteiger partial charge in [-0.15, -0.1) is 0 Å². The van der Waals surface area contributed by atoms with Crippen LogP contribution < -0.4 is 78.8 Å². The van der Waals surface area contributed by atoms with Gasteiger partial charge in [0.25, 0.3) is 5.91 Å². The van der Waals surface area contributed by atoms with Crippen LogP contribution in [0.4, 0.5) is 36.8 Å². The number of carbonyl (C=O) groups excluding carboxylic acids is 10. The molecule has 11 bridgehead atoms. The second-order valence-corrected chi connectivity index (χ2v) is 33.1. The number of fused-ring (bicyclic) bond motifs is 12. The van der Waals surface area contributed by atoms with Gasteiger partial charge in [-0.25, -0.2) is 9.59 Å². The number of hydrogen-bond acceptors (Lipinski definition) is 27. The van der Waals surface area contributed by atoms with Crippen LogP contribution in [0.25, 0.3) is 11.1 Å². The summed E-state index contributed by atoms with van der Waals surface area (Å²) in [5, 5.41) is 127. The number of aliphatic hydroxyl groups is 7. The zero-order valence-electron chi connectivity index (χ0n) is 68.9. The molecule has 1 aliphatic carbocycles. The van der Waals surface area contributed by atoms with Gasteiger partial charge in [0.15, 0.2) is 36.4 Å². The lowest BCUT2D eigenvalue weighted by molar-refractivity contribution is -0.354. The molecule has 23 N–H and O–H groups in total. The molecular formula is C84H83Cl3F6N12O27. The summed E-state index contributed by atoms with van der Waals surface area (Å²) in [5.74, 6) is -22.6. The van der Waals surface area contributed by atoms with E-state index in [0.29, 0.717) is 18.2 Å². The lowest BCUT2D eigenvalue weighted by atomic mass is 9.87. The molecule has 15 rings (SSSR count). The first-order valence-corrected chi connectivity index (χ1v) is 41.2. The maximum absolute atomic E-state index is 16.3. The molecule has 11 unspecified atom stereocenters. The van der Waals surface area contributed by atoms with Gasteiger partial charge < -0.3 is 144 Å². The first-order valence-electron chi connectivity index (χ1n) is 40.0. The SMILES string of the molecule is CN[C@H](CC(C)C)C(=O)N[C@H]1C(=O)N[C@@H](CC(N)=O)C(=O)N[C@H]2C(=O)N[C@H]3C(=O)NC(C(=O)N[C@H](C(=O)O)c4cc(O)cc5c4-c4cc3ccc4C5(O)O)[C@H](O)c3ccc(c(Cl)c3)Oc3cc2cc(c3OCCOC2OC(C(N)=O)C(C)C(NC(=O)Nc3ccc(Cl)c(C(F)(F)F)c3)C2OC2OC(O)C(O)C(O)C2NC(=O)c2cccc(C(F)(F)F)c2)Oc2ccc(cc2Cl)[C@H]1O. The number of anilines is 1. The number of primary amides is 2. The number of aliphatic hydroxyl groups excluding tert-OH is 5. The standard InChI is InChI=1S/C84H83Cl3F6N12O27/c1-29(2)18-47(96-4)71(114)102-59-62(108)32-9-14-49(45(86)21-32)128-51-23-35-24-52(67(51)126-16-17-127-80-68(55(30(3)66(130-80)69(95)112)105-81(123)97-37-11-13-44(85)42(25-37)84(91,92)93)131-79-61(64(110)65(111)78(122)132-79)104-70(113)34-6-5-7-36(19-34)83(88,89)90)129-50-15-10-33(22-46(50)87)63(109)60-76(119)101-58(77(120)121)40-26-38(106)27-43-54(40)39-20-31(8-12-41(39)82(43,124)125)56(73(116)103-60)100-74(117)57(35)99-72(115)48(28-53(94)107)98-75(59)118/h5-15,19-27,29-30,47-48,55-66,68,78-80,96,106,108-111,122,124-125H,16-18,28H2,1-4H3,(H2,94,107)(H2,95,112)(H,98,118)(H,99,115)(H,100,117)(H,101,119)(H,102,114)(H,103,116)(H,104,113)(H,120,121)(H2,97,105,123)/t30?,47-,48+,55?,56-,57-,58+,59-,60?,61?,62-,63-,64?,65?,66?,68?,78?,79?,80?/m1/s1. The molecule has 132 heavy (non-hydrogen) atoms. The van der Waals surface area contributed by atoms with Gasteiger partial charge >= 0.3 is 24.4 Å². The van der Waals surface area contributed by atoms with Crippen LogP contribution in [-0.4, -0.2) is 211 Å². The number of halogens is 9. The van der Waals surface area contributed by atoms with Gasteiger partial charge in [-0.3, -0.25) is 43.2 Å². The zero-order valence-corrected chi connectivity index (χ0v) is 71.1. The number of urea groups is 1. The fraction of sp³-hybridized carbons (Fsp3) is 0.369. The van der Waals surface area contributed by atoms with E-state index in [1.54, 1.807) is 13.8 Å². The molecule has 704 valence electrons. The zero-order chi connectivity index (χ0) is 96.1. The molecule has 8 aliphatic rings. The predicted molar refractivity (Wildman–Crippen MR) is 442 cm³/mol. The van der Waals surface area contributed by atoms with E-state index in [-0.39, 0.29) is 40.2 Å². The van der Waals surface area contributed by atoms with Crippen molar-refractivity contribution in [2.45, 2.75) is 162 Å². The van der Waals surface area contributed by atoms with Crippen LogP contribution in [0, 0.1) is 11.8 Å². The number of hydrogen-bond donors (Lipinski definition) is 21. The van der Waals surface area contributed by atoms with Crippen LogP contribution in [0.1, 0.15) is 124 Å². The Morgan fingerprint density at radius 1 is 0.621 bits per heavy atom. The van der Waals surface area contributed by atoms with E-state index in [1.165, 1.54) is 14.0 Å². The van der Waals surface area contributed by atoms with E-state index in [4.69, 9.17) is 79.4 Å². The van der Waals surface area contributed by atoms with Crippen LogP contribution >= 0.6 is 34.8 Å². The second kappa shape index (κ2) is 38.9. The van der Waals surface area contributed by atoms with Gasteiger partial charge in [-0.05, 0) is 149 Å². The van der Waals surface area contributed by atoms with Gasteiger partial charge in [0.05, 0.1) is 51.3 Å². The third-order valence-electron chi connectivity index (χ3n) is 22.4. The highest BCUT2D eigenvalue weighted by Crippen LogP contribution is 2.53. The number of carboxylic acid groups (broad SMARTS) is 1. The number of nitrogens with one attached hydrogen (secondary N) is 10. The summed E-state index contributed by atoms with van der Waals surface area (Å²) < 4.78 is 129. The summed E-state index contributed by atoms with van der Waals surface area (Å²) in [5.41, 5.74) is 4.03. The number of phenols is 1. The number of likely N-dealkylation sites (N-methyl/N-ethyl adjacent to an activating group) is 1. The van der Waals surface area contributed by atoms with Crippen molar-refractivity contribution in [2.24, 2.45) is 23.3 Å². The number of rotatable bonds is 20. The minimum atomic E-state index is -5.10. The van der Waals surface area contributed by atoms with E-state index in [0.717, 1.165) is 103 Å². The van der Waals surface area contributed by atoms with Crippen LogP contribution in [-0.2, 0) is 80.2 Å². The molecule has 7 aromatic carbocycles. The van der Waals surface area contributed by atoms with Gasteiger partial charge in [0, 0.05) is 28.3 Å². The van der Waals surface area contributed by atoms with E-state index in [1.807, 2.05) is 0 Å². The molecule has 0 aromatic heterocycles. The number of benzene rings is 7. The number of nitrogens with two attached hydrogens (primary N) is 2. The molecule has 2 fully saturated rings. The lowest BCUT2D eigenvalue weighted by Gasteiger charge is -2.48. The molecule has 11 amide bonds. The van der Waals surface area contributed by atoms with Crippen LogP contribution in [0.5, 0.6) is 34.5 Å². The van der Waals surface area contributed by atoms with E-state index < -0.39 is 313 Å². The normalized spacial score (nSPS) is 26.0. The van der Waals surface area contributed by atoms with E-state index in [2.05, 4.69) is 53.2 Å². The predicted octanol–water partition coefficient (Wildman–Crippen LogP) is 3.48. The number of amides is 11. The number of ether oxygens (including phenoxy) is 7. The summed E-state index contributed by atoms with van der Waals surface area (Å²) in [7, 11) is 1.43. The summed E-state index contributed by atoms with van der Waals surface area (Å²) in [6.45, 7) is 2.85. The molecule has 2 saturated heterocycles. The summed E-state index contributed by atoms with van der Waals surface area (Å²) in [6.07, 6.45) is -31.6. The van der Waals surface area contributed by atoms with Crippen molar-refractivity contribution in [3.63, 3.8) is 0 Å². The molecular weight excluding hydrogens is 1830 g/mol. The smallest absolute Gasteiger partial charge is 0.417 e. The Morgan fingerprint density at radius 3 is 1.87 bits per heavy atom. The minimum Gasteiger partial charge on any atom is -0.508 e. The number of aromatic hydroxyl groups is 1. The molecule has 19 atom stereocenters. The van der Waals surface area contributed by atoms with E-state index in [9.17, 15) is 106 Å². The second-order valence-electron chi connectivity index (χ2n) is 31.9. The first kappa shape index (κ1) is 97.2. The van der Waals surface area contributed by atoms with Crippen LogP contribution in [0.2, 0.25) is 15.1 Å². The van der Waals surface area contributed by atoms with Crippen molar-refractivity contribution < 1.29 is 158 Å².